The summed E-state index contributed by atoms with van der Waals surface area (Å²) in [6.45, 7) is 1.22. The molecule has 1 saturated heterocycles. The summed E-state index contributed by atoms with van der Waals surface area (Å²) < 4.78 is 48.4. The van der Waals surface area contributed by atoms with E-state index in [0.29, 0.717) is 54.9 Å². The number of nitrogens with one attached hydrogen (secondary N) is 1. The van der Waals surface area contributed by atoms with Gasteiger partial charge in [0.25, 0.3) is 0 Å². The Bertz CT molecular complexity index is 1440. The monoisotopic (exact) mass is 556 g/mol. The molecule has 10 nitrogen and oxygen atoms in total. The summed E-state index contributed by atoms with van der Waals surface area (Å²) >= 11 is 5.32. The molecule has 0 bridgehead atoms. The molecule has 1 aromatic heterocycles. The van der Waals surface area contributed by atoms with Crippen LogP contribution >= 0.6 is 12.2 Å². The molecule has 13 heteroatoms. The van der Waals surface area contributed by atoms with E-state index in [0.717, 1.165) is 21.8 Å². The largest absolute Gasteiger partial charge is 0.452 e. The molecule has 2 heterocycles. The van der Waals surface area contributed by atoms with Crippen molar-refractivity contribution in [1.82, 2.24) is 9.97 Å². The van der Waals surface area contributed by atoms with Crippen molar-refractivity contribution in [3.8, 4) is 17.3 Å². The highest BCUT2D eigenvalue weighted by Crippen LogP contribution is 2.29. The zero-order valence-electron chi connectivity index (χ0n) is 20.5. The number of halogens is 1. The van der Waals surface area contributed by atoms with Crippen molar-refractivity contribution in [2.75, 3.05) is 60.5 Å². The van der Waals surface area contributed by atoms with Gasteiger partial charge in [0.15, 0.2) is 5.05 Å². The van der Waals surface area contributed by atoms with Crippen LogP contribution < -0.4 is 14.5 Å². The van der Waals surface area contributed by atoms with Crippen molar-refractivity contribution < 1.29 is 22.3 Å². The molecule has 1 aliphatic rings. The second-order valence-corrected chi connectivity index (χ2v) is 10.5. The van der Waals surface area contributed by atoms with Crippen LogP contribution in [0.1, 0.15) is 5.56 Å². The first kappa shape index (κ1) is 27.2. The number of rotatable bonds is 9. The summed E-state index contributed by atoms with van der Waals surface area (Å²) in [5, 5.41) is 12.2. The number of alkyl halides is 1. The van der Waals surface area contributed by atoms with Crippen LogP contribution in [0.4, 0.5) is 27.4 Å². The van der Waals surface area contributed by atoms with Crippen LogP contribution in [0.15, 0.2) is 54.7 Å². The number of thiocarbonyl (C=S) groups is 1. The van der Waals surface area contributed by atoms with E-state index in [2.05, 4.69) is 20.2 Å². The number of morpholine rings is 1. The molecule has 0 amide bonds. The van der Waals surface area contributed by atoms with E-state index in [9.17, 15) is 12.8 Å². The van der Waals surface area contributed by atoms with E-state index in [1.54, 1.807) is 42.6 Å². The molecule has 2 aromatic carbocycles. The van der Waals surface area contributed by atoms with Gasteiger partial charge >= 0.3 is 0 Å². The average molecular weight is 557 g/mol. The minimum Gasteiger partial charge on any atom is -0.452 e. The van der Waals surface area contributed by atoms with Gasteiger partial charge in [-0.1, -0.05) is 12.1 Å². The van der Waals surface area contributed by atoms with Crippen molar-refractivity contribution in [1.29, 1.82) is 5.26 Å². The highest BCUT2D eigenvalue weighted by Gasteiger charge is 2.19. The first-order valence-electron chi connectivity index (χ1n) is 11.5. The maximum absolute atomic E-state index is 12.9. The number of sulfonamides is 1. The van der Waals surface area contributed by atoms with Crippen LogP contribution in [0.3, 0.4) is 0 Å². The zero-order chi connectivity index (χ0) is 27.1. The normalized spacial score (nSPS) is 13.4. The van der Waals surface area contributed by atoms with Crippen LogP contribution in [0, 0.1) is 11.3 Å². The number of anilines is 4. The lowest BCUT2D eigenvalue weighted by Gasteiger charge is -2.30. The molecular formula is C25H25FN6O4S2. The Morgan fingerprint density at radius 1 is 1.24 bits per heavy atom. The van der Waals surface area contributed by atoms with Crippen LogP contribution in [-0.4, -0.2) is 69.4 Å². The molecule has 0 radical (unpaired) electrons. The molecule has 0 unspecified atom stereocenters. The lowest BCUT2D eigenvalue weighted by Crippen LogP contribution is -2.37. The number of nitriles is 1. The predicted octanol–water partition coefficient (Wildman–Crippen LogP) is 3.63. The van der Waals surface area contributed by atoms with Gasteiger partial charge in [0, 0.05) is 36.2 Å². The van der Waals surface area contributed by atoms with E-state index >= 15 is 0 Å². The minimum atomic E-state index is -3.60. The summed E-state index contributed by atoms with van der Waals surface area (Å²) in [4.78, 5) is 11.0. The molecule has 1 fully saturated rings. The van der Waals surface area contributed by atoms with Gasteiger partial charge in [0.2, 0.25) is 22.8 Å². The maximum atomic E-state index is 12.9. The predicted molar refractivity (Wildman–Crippen MR) is 147 cm³/mol. The Balaban J connectivity index is 1.57. The Kier molecular flexibility index (Phi) is 8.67. The number of hydrogen-bond donors (Lipinski definition) is 1. The molecule has 0 aliphatic carbocycles. The Morgan fingerprint density at radius 2 is 1.97 bits per heavy atom. The maximum Gasteiger partial charge on any atom is 0.233 e. The molecule has 1 N–H and O–H groups in total. The molecule has 198 valence electrons. The molecule has 1 aliphatic heterocycles. The first-order chi connectivity index (χ1) is 18.3. The Hall–Kier alpha value is -3.86. The fourth-order valence-electron chi connectivity index (χ4n) is 3.96. The van der Waals surface area contributed by atoms with E-state index in [-0.39, 0.29) is 11.6 Å². The molecule has 3 aromatic rings. The van der Waals surface area contributed by atoms with Crippen molar-refractivity contribution in [3.05, 3.63) is 60.3 Å². The van der Waals surface area contributed by atoms with Crippen molar-refractivity contribution in [2.24, 2.45) is 0 Å². The van der Waals surface area contributed by atoms with E-state index in [4.69, 9.17) is 27.0 Å². The number of aromatic nitrogens is 2. The third-order valence-corrected chi connectivity index (χ3v) is 7.21. The van der Waals surface area contributed by atoms with E-state index < -0.39 is 16.9 Å². The van der Waals surface area contributed by atoms with Gasteiger partial charge in [-0.2, -0.15) is 5.26 Å². The number of benzene rings is 2. The van der Waals surface area contributed by atoms with Crippen molar-refractivity contribution >= 4 is 50.3 Å². The topological polar surface area (TPSA) is 121 Å². The van der Waals surface area contributed by atoms with Crippen molar-refractivity contribution in [2.45, 2.75) is 0 Å². The smallest absolute Gasteiger partial charge is 0.233 e. The van der Waals surface area contributed by atoms with E-state index in [1.807, 2.05) is 18.2 Å². The van der Waals surface area contributed by atoms with Gasteiger partial charge in [-0.05, 0) is 48.6 Å². The fourth-order valence-corrected chi connectivity index (χ4v) is 4.96. The lowest BCUT2D eigenvalue weighted by molar-refractivity contribution is 0.122. The third-order valence-electron chi connectivity index (χ3n) is 5.73. The van der Waals surface area contributed by atoms with Crippen LogP contribution in [-0.2, 0) is 19.5 Å². The summed E-state index contributed by atoms with van der Waals surface area (Å²) in [6, 6.07) is 15.8. The standard InChI is InChI=1S/C25H25FN6O4S2/c1-38(33,34)32(11-9-27)20-5-2-18(3-6-20)22-8-10-28-25(30-22)29-19-4-7-23(31-12-14-35-15-13-31)21(16-19)24(37)36-17-26/h2-8,10,16H,11-15,17H2,1H3,(H,28,29,30). The molecule has 0 atom stereocenters. The second kappa shape index (κ2) is 12.1. The molecule has 0 saturated carbocycles. The van der Waals surface area contributed by atoms with Gasteiger partial charge in [-0.3, -0.25) is 4.31 Å². The number of nitrogens with zero attached hydrogens (tertiary/aromatic N) is 5. The summed E-state index contributed by atoms with van der Waals surface area (Å²) in [6.07, 6.45) is 2.65. The van der Waals surface area contributed by atoms with Crippen LogP contribution in [0.2, 0.25) is 0 Å². The van der Waals surface area contributed by atoms with Crippen LogP contribution in [0.25, 0.3) is 11.3 Å². The third kappa shape index (κ3) is 6.52. The molecule has 4 rings (SSSR count). The molecule has 38 heavy (non-hydrogen) atoms. The summed E-state index contributed by atoms with van der Waals surface area (Å²) in [5.74, 6) is 0.316. The quantitative estimate of drug-likeness (QED) is 0.309. The summed E-state index contributed by atoms with van der Waals surface area (Å²) in [5.41, 5.74) is 3.74. The average Bonchev–Trinajstić information content (AvgIpc) is 2.92. The van der Waals surface area contributed by atoms with Gasteiger partial charge in [-0.15, -0.1) is 0 Å². The SMILES string of the molecule is CS(=O)(=O)N(CC#N)c1ccc(-c2ccnc(Nc3ccc(N4CCOCC4)c(C(=S)OCF)c3)n2)cc1. The molecule has 0 spiro atoms. The molecular weight excluding hydrogens is 531 g/mol. The van der Waals surface area contributed by atoms with Crippen molar-refractivity contribution in [3.63, 3.8) is 0 Å². The first-order valence-corrected chi connectivity index (χ1v) is 13.8. The fraction of sp³-hybridized carbons (Fsp3) is 0.280. The minimum absolute atomic E-state index is 0.0481. The Morgan fingerprint density at radius 3 is 2.63 bits per heavy atom. The number of hydrogen-bond acceptors (Lipinski definition) is 10. The Labute approximate surface area is 225 Å². The van der Waals surface area contributed by atoms with Gasteiger partial charge in [0.1, 0.15) is 6.54 Å². The lowest BCUT2D eigenvalue weighted by atomic mass is 10.1. The highest BCUT2D eigenvalue weighted by atomic mass is 32.2. The van der Waals surface area contributed by atoms with Gasteiger partial charge in [-0.25, -0.2) is 22.8 Å². The zero-order valence-corrected chi connectivity index (χ0v) is 22.1. The van der Waals surface area contributed by atoms with Crippen LogP contribution in [0.5, 0.6) is 0 Å². The van der Waals surface area contributed by atoms with Gasteiger partial charge < -0.3 is 19.7 Å². The summed E-state index contributed by atoms with van der Waals surface area (Å²) in [7, 11) is -3.60. The second-order valence-electron chi connectivity index (χ2n) is 8.24. The van der Waals surface area contributed by atoms with E-state index in [1.165, 1.54) is 0 Å². The number of ether oxygens (including phenoxy) is 2. The highest BCUT2D eigenvalue weighted by molar-refractivity contribution is 7.92. The van der Waals surface area contributed by atoms with Gasteiger partial charge in [0.05, 0.1) is 42.5 Å².